The van der Waals surface area contributed by atoms with E-state index in [0.29, 0.717) is 61.8 Å². The minimum atomic E-state index is -0.382. The normalized spacial score (nSPS) is 13.5. The predicted octanol–water partition coefficient (Wildman–Crippen LogP) is 2.39. The van der Waals surface area contributed by atoms with Crippen molar-refractivity contribution in [2.24, 2.45) is 0 Å². The molecule has 0 bridgehead atoms. The van der Waals surface area contributed by atoms with Gasteiger partial charge >= 0.3 is 0 Å². The number of carbonyl (C=O) groups excluding carboxylic acids is 2. The van der Waals surface area contributed by atoms with Gasteiger partial charge in [-0.15, -0.1) is 0 Å². The van der Waals surface area contributed by atoms with E-state index in [2.05, 4.69) is 5.43 Å². The third-order valence-electron chi connectivity index (χ3n) is 4.27. The maximum atomic E-state index is 12.8. The largest absolute Gasteiger partial charge is 0.491 e. The number of hydrogen-bond donors (Lipinski definition) is 1. The molecule has 0 saturated carbocycles. The summed E-state index contributed by atoms with van der Waals surface area (Å²) in [5.74, 6) is -0.170. The Labute approximate surface area is 158 Å². The highest BCUT2D eigenvalue weighted by Crippen LogP contribution is 2.35. The summed E-state index contributed by atoms with van der Waals surface area (Å²) in [7, 11) is 0. The molecule has 144 valence electrons. The average Bonchev–Trinajstić information content (AvgIpc) is 2.93. The number of benzene rings is 2. The topological polar surface area (TPSA) is 77.1 Å². The highest BCUT2D eigenvalue weighted by molar-refractivity contribution is 6.26. The Morgan fingerprint density at radius 1 is 0.926 bits per heavy atom. The number of ether oxygens (including phenoxy) is 3. The molecule has 0 saturated heterocycles. The molecule has 2 amide bonds. The van der Waals surface area contributed by atoms with E-state index >= 15 is 0 Å². The molecule has 1 aliphatic heterocycles. The van der Waals surface area contributed by atoms with E-state index in [1.807, 2.05) is 38.1 Å². The van der Waals surface area contributed by atoms with Crippen LogP contribution in [0.1, 0.15) is 34.6 Å². The first-order valence-electron chi connectivity index (χ1n) is 9.15. The van der Waals surface area contributed by atoms with Gasteiger partial charge in [0.15, 0.2) is 0 Å². The zero-order chi connectivity index (χ0) is 19.2. The van der Waals surface area contributed by atoms with Crippen LogP contribution in [-0.2, 0) is 9.47 Å². The van der Waals surface area contributed by atoms with Crippen molar-refractivity contribution in [2.45, 2.75) is 13.8 Å². The Balaban J connectivity index is 1.89. The highest BCUT2D eigenvalue weighted by atomic mass is 16.5. The van der Waals surface area contributed by atoms with Gasteiger partial charge in [0.25, 0.3) is 11.8 Å². The molecule has 0 unspecified atom stereocenters. The zero-order valence-corrected chi connectivity index (χ0v) is 15.6. The standard InChI is InChI=1S/C20H24N2O5/c1-3-25-10-9-21-22-19(23)16-13-17(27-12-11-26-4-2)14-7-5-6-8-15(14)18(16)20(22)24/h5-8,13,21H,3-4,9-12H2,1-2H3. The number of carbonyl (C=O) groups is 2. The smallest absolute Gasteiger partial charge is 0.276 e. The van der Waals surface area contributed by atoms with Crippen LogP contribution in [-0.4, -0.2) is 56.4 Å². The number of fused-ring (bicyclic) bond motifs is 3. The van der Waals surface area contributed by atoms with Gasteiger partial charge in [0.05, 0.1) is 24.3 Å². The number of nitrogens with zero attached hydrogens (tertiary/aromatic N) is 1. The Hall–Kier alpha value is -2.48. The average molecular weight is 372 g/mol. The second-order valence-electron chi connectivity index (χ2n) is 5.94. The van der Waals surface area contributed by atoms with Crippen molar-refractivity contribution in [2.75, 3.05) is 39.6 Å². The summed E-state index contributed by atoms with van der Waals surface area (Å²) in [6.45, 7) is 6.62. The molecule has 1 heterocycles. The van der Waals surface area contributed by atoms with Crippen LogP contribution in [0.3, 0.4) is 0 Å². The molecule has 3 rings (SSSR count). The van der Waals surface area contributed by atoms with Gasteiger partial charge in [-0.3, -0.25) is 9.59 Å². The van der Waals surface area contributed by atoms with E-state index in [-0.39, 0.29) is 11.8 Å². The zero-order valence-electron chi connectivity index (χ0n) is 15.6. The molecule has 1 aliphatic rings. The lowest BCUT2D eigenvalue weighted by Crippen LogP contribution is -2.43. The van der Waals surface area contributed by atoms with E-state index in [1.54, 1.807) is 6.07 Å². The molecule has 0 aromatic heterocycles. The molecule has 7 heteroatoms. The fraction of sp³-hybridized carbons (Fsp3) is 0.400. The monoisotopic (exact) mass is 372 g/mol. The van der Waals surface area contributed by atoms with Crippen molar-refractivity contribution in [1.29, 1.82) is 0 Å². The SMILES string of the molecule is CCOCCNN1C(=O)c2cc(OCCOCC)c3ccccc3c2C1=O. The minimum Gasteiger partial charge on any atom is -0.491 e. The number of hydrogen-bond acceptors (Lipinski definition) is 6. The summed E-state index contributed by atoms with van der Waals surface area (Å²) in [4.78, 5) is 25.6. The van der Waals surface area contributed by atoms with Crippen LogP contribution in [0.25, 0.3) is 10.8 Å². The molecule has 0 atom stereocenters. The summed E-state index contributed by atoms with van der Waals surface area (Å²) < 4.78 is 16.4. The first-order chi connectivity index (χ1) is 13.2. The number of imide groups is 1. The first kappa shape index (κ1) is 19.3. The van der Waals surface area contributed by atoms with Gasteiger partial charge in [0.1, 0.15) is 12.4 Å². The van der Waals surface area contributed by atoms with Crippen molar-refractivity contribution < 1.29 is 23.8 Å². The fourth-order valence-electron chi connectivity index (χ4n) is 3.06. The molecule has 27 heavy (non-hydrogen) atoms. The van der Waals surface area contributed by atoms with Crippen LogP contribution in [0.5, 0.6) is 5.75 Å². The van der Waals surface area contributed by atoms with Crippen LogP contribution in [0.4, 0.5) is 0 Å². The maximum absolute atomic E-state index is 12.8. The summed E-state index contributed by atoms with van der Waals surface area (Å²) in [6, 6.07) is 9.08. The van der Waals surface area contributed by atoms with E-state index in [0.717, 1.165) is 10.4 Å². The number of nitrogens with one attached hydrogen (secondary N) is 1. The Morgan fingerprint density at radius 2 is 1.63 bits per heavy atom. The van der Waals surface area contributed by atoms with Gasteiger partial charge in [-0.1, -0.05) is 24.3 Å². The lowest BCUT2D eigenvalue weighted by Gasteiger charge is -2.14. The van der Waals surface area contributed by atoms with Gasteiger partial charge in [0, 0.05) is 25.1 Å². The third kappa shape index (κ3) is 3.95. The van der Waals surface area contributed by atoms with Crippen molar-refractivity contribution in [3.63, 3.8) is 0 Å². The van der Waals surface area contributed by atoms with Gasteiger partial charge in [-0.2, -0.15) is 0 Å². The van der Waals surface area contributed by atoms with Crippen LogP contribution in [0.2, 0.25) is 0 Å². The first-order valence-corrected chi connectivity index (χ1v) is 9.15. The van der Waals surface area contributed by atoms with Gasteiger partial charge in [-0.25, -0.2) is 10.4 Å². The van der Waals surface area contributed by atoms with Crippen LogP contribution >= 0.6 is 0 Å². The van der Waals surface area contributed by atoms with E-state index in [1.165, 1.54) is 0 Å². The highest BCUT2D eigenvalue weighted by Gasteiger charge is 2.38. The van der Waals surface area contributed by atoms with Gasteiger partial charge in [0.2, 0.25) is 0 Å². The molecule has 0 aliphatic carbocycles. The molecule has 0 radical (unpaired) electrons. The second kappa shape index (κ2) is 8.94. The van der Waals surface area contributed by atoms with Crippen molar-refractivity contribution in [1.82, 2.24) is 10.4 Å². The Morgan fingerprint density at radius 3 is 2.37 bits per heavy atom. The second-order valence-corrected chi connectivity index (χ2v) is 5.94. The van der Waals surface area contributed by atoms with Crippen LogP contribution in [0, 0.1) is 0 Å². The summed E-state index contributed by atoms with van der Waals surface area (Å²) in [5.41, 5.74) is 3.60. The lowest BCUT2D eigenvalue weighted by atomic mass is 9.99. The predicted molar refractivity (Wildman–Crippen MR) is 101 cm³/mol. The van der Waals surface area contributed by atoms with E-state index in [9.17, 15) is 9.59 Å². The van der Waals surface area contributed by atoms with Gasteiger partial charge < -0.3 is 14.2 Å². The maximum Gasteiger partial charge on any atom is 0.276 e. The molecular weight excluding hydrogens is 348 g/mol. The van der Waals surface area contributed by atoms with Crippen molar-refractivity contribution >= 4 is 22.6 Å². The quantitative estimate of drug-likeness (QED) is 0.510. The Bertz CT molecular complexity index is 836. The molecule has 2 aromatic rings. The third-order valence-corrected chi connectivity index (χ3v) is 4.27. The van der Waals surface area contributed by atoms with Crippen molar-refractivity contribution in [3.05, 3.63) is 41.5 Å². The lowest BCUT2D eigenvalue weighted by molar-refractivity contribution is 0.0534. The molecular formula is C20H24N2O5. The number of hydrazine groups is 1. The molecule has 7 nitrogen and oxygen atoms in total. The van der Waals surface area contributed by atoms with Gasteiger partial charge in [-0.05, 0) is 25.3 Å². The molecule has 1 N–H and O–H groups in total. The van der Waals surface area contributed by atoms with Crippen LogP contribution < -0.4 is 10.2 Å². The van der Waals surface area contributed by atoms with E-state index in [4.69, 9.17) is 14.2 Å². The molecule has 0 fully saturated rings. The molecule has 0 spiro atoms. The molecule has 2 aromatic carbocycles. The summed E-state index contributed by atoms with van der Waals surface area (Å²) in [6.07, 6.45) is 0. The fourth-order valence-corrected chi connectivity index (χ4v) is 3.06. The minimum absolute atomic E-state index is 0.342. The summed E-state index contributed by atoms with van der Waals surface area (Å²) >= 11 is 0. The van der Waals surface area contributed by atoms with E-state index < -0.39 is 0 Å². The van der Waals surface area contributed by atoms with Crippen molar-refractivity contribution in [3.8, 4) is 5.75 Å². The Kier molecular flexibility index (Phi) is 6.39. The van der Waals surface area contributed by atoms with Crippen LogP contribution in [0.15, 0.2) is 30.3 Å². The number of rotatable bonds is 10. The summed E-state index contributed by atoms with van der Waals surface area (Å²) in [5, 5.41) is 2.55. The number of amides is 2.